The molecule has 1 aromatic heterocycles. The molecule has 0 amide bonds. The molecule has 0 saturated carbocycles. The van der Waals surface area contributed by atoms with Gasteiger partial charge in [0.25, 0.3) is 0 Å². The van der Waals surface area contributed by atoms with Crippen LogP contribution in [0.4, 0.5) is 13.2 Å². The summed E-state index contributed by atoms with van der Waals surface area (Å²) in [6.45, 7) is 1.90. The number of rotatable bonds is 4. The number of pyridine rings is 1. The van der Waals surface area contributed by atoms with E-state index in [1.807, 2.05) is 19.1 Å². The fourth-order valence-electron chi connectivity index (χ4n) is 1.83. The van der Waals surface area contributed by atoms with Crippen LogP contribution in [-0.4, -0.2) is 11.0 Å². The van der Waals surface area contributed by atoms with Crippen molar-refractivity contribution >= 4 is 11.6 Å². The zero-order valence-corrected chi connectivity index (χ0v) is 12.4. The second-order valence-corrected chi connectivity index (χ2v) is 5.34. The Balaban J connectivity index is 2.14. The van der Waals surface area contributed by atoms with Crippen LogP contribution in [0.3, 0.4) is 0 Å². The smallest absolute Gasteiger partial charge is 0.417 e. The first-order valence-corrected chi connectivity index (χ1v) is 6.88. The monoisotopic (exact) mass is 330 g/mol. The molecular formula is C15H14ClF3N2O. The number of nitrogens with two attached hydrogens (primary N) is 1. The maximum absolute atomic E-state index is 12.5. The van der Waals surface area contributed by atoms with Gasteiger partial charge in [0.2, 0.25) is 5.88 Å². The molecule has 7 heteroatoms. The number of ether oxygens (including phenoxy) is 1. The van der Waals surface area contributed by atoms with E-state index in [-0.39, 0.29) is 16.9 Å². The third kappa shape index (κ3) is 4.35. The van der Waals surface area contributed by atoms with Gasteiger partial charge in [0, 0.05) is 12.2 Å². The molecule has 118 valence electrons. The molecule has 1 atom stereocenters. The number of nitrogens with zero attached hydrogens (tertiary/aromatic N) is 1. The minimum Gasteiger partial charge on any atom is -0.438 e. The SMILES string of the molecule is CC(N)Cc1ccc(Oc2ncc(C(F)(F)F)cc2Cl)cc1. The molecule has 0 fully saturated rings. The predicted molar refractivity (Wildman–Crippen MR) is 78.1 cm³/mol. The molecular weight excluding hydrogens is 317 g/mol. The van der Waals surface area contributed by atoms with Crippen LogP contribution in [0.25, 0.3) is 0 Å². The Labute approximate surface area is 130 Å². The second kappa shape index (κ2) is 6.54. The van der Waals surface area contributed by atoms with Gasteiger partial charge in [-0.05, 0) is 37.1 Å². The fourth-order valence-corrected chi connectivity index (χ4v) is 2.04. The Kier molecular flexibility index (Phi) is 4.93. The van der Waals surface area contributed by atoms with Gasteiger partial charge in [-0.1, -0.05) is 23.7 Å². The summed E-state index contributed by atoms with van der Waals surface area (Å²) in [4.78, 5) is 3.62. The van der Waals surface area contributed by atoms with Gasteiger partial charge in [-0.15, -0.1) is 0 Å². The molecule has 1 aromatic carbocycles. The zero-order chi connectivity index (χ0) is 16.3. The molecule has 0 aliphatic heterocycles. The molecule has 2 rings (SSSR count). The number of hydrogen-bond acceptors (Lipinski definition) is 3. The Hall–Kier alpha value is -1.79. The third-order valence-electron chi connectivity index (χ3n) is 2.83. The Morgan fingerprint density at radius 2 is 1.91 bits per heavy atom. The molecule has 22 heavy (non-hydrogen) atoms. The number of alkyl halides is 3. The highest BCUT2D eigenvalue weighted by atomic mass is 35.5. The quantitative estimate of drug-likeness (QED) is 0.901. The highest BCUT2D eigenvalue weighted by molar-refractivity contribution is 6.31. The molecule has 1 heterocycles. The van der Waals surface area contributed by atoms with E-state index in [9.17, 15) is 13.2 Å². The largest absolute Gasteiger partial charge is 0.438 e. The van der Waals surface area contributed by atoms with E-state index < -0.39 is 11.7 Å². The van der Waals surface area contributed by atoms with E-state index >= 15 is 0 Å². The summed E-state index contributed by atoms with van der Waals surface area (Å²) in [6, 6.07) is 7.86. The van der Waals surface area contributed by atoms with Crippen LogP contribution in [0.2, 0.25) is 5.02 Å². The molecule has 0 bridgehead atoms. The van der Waals surface area contributed by atoms with Gasteiger partial charge in [-0.25, -0.2) is 4.98 Å². The van der Waals surface area contributed by atoms with Crippen molar-refractivity contribution in [3.05, 3.63) is 52.7 Å². The topological polar surface area (TPSA) is 48.1 Å². The summed E-state index contributed by atoms with van der Waals surface area (Å²) < 4.78 is 43.0. The molecule has 1 unspecified atom stereocenters. The first-order valence-electron chi connectivity index (χ1n) is 6.51. The van der Waals surface area contributed by atoms with E-state index in [2.05, 4.69) is 4.98 Å². The summed E-state index contributed by atoms with van der Waals surface area (Å²) in [7, 11) is 0. The fraction of sp³-hybridized carbons (Fsp3) is 0.267. The predicted octanol–water partition coefficient (Wildman–Crippen LogP) is 4.44. The minimum atomic E-state index is -4.49. The first kappa shape index (κ1) is 16.6. The van der Waals surface area contributed by atoms with Crippen LogP contribution in [0.5, 0.6) is 11.6 Å². The Morgan fingerprint density at radius 1 is 1.27 bits per heavy atom. The van der Waals surface area contributed by atoms with Gasteiger partial charge < -0.3 is 10.5 Å². The lowest BCUT2D eigenvalue weighted by Gasteiger charge is -2.11. The van der Waals surface area contributed by atoms with Gasteiger partial charge in [0.1, 0.15) is 10.8 Å². The lowest BCUT2D eigenvalue weighted by atomic mass is 10.1. The number of aromatic nitrogens is 1. The summed E-state index contributed by atoms with van der Waals surface area (Å²) in [5.74, 6) is 0.359. The minimum absolute atomic E-state index is 0.0396. The van der Waals surface area contributed by atoms with E-state index in [1.165, 1.54) is 0 Å². The van der Waals surface area contributed by atoms with Gasteiger partial charge in [-0.2, -0.15) is 13.2 Å². The summed E-state index contributed by atoms with van der Waals surface area (Å²) in [5.41, 5.74) is 5.82. The standard InChI is InChI=1S/C15H14ClF3N2O/c1-9(20)6-10-2-4-12(5-3-10)22-14-13(16)7-11(8-21-14)15(17,18)19/h2-5,7-9H,6,20H2,1H3. The zero-order valence-electron chi connectivity index (χ0n) is 11.7. The average molecular weight is 331 g/mol. The molecule has 0 spiro atoms. The van der Waals surface area contributed by atoms with Crippen molar-refractivity contribution in [2.24, 2.45) is 5.73 Å². The average Bonchev–Trinajstić information content (AvgIpc) is 2.41. The second-order valence-electron chi connectivity index (χ2n) is 4.94. The molecule has 0 aliphatic rings. The normalized spacial score (nSPS) is 13.0. The van der Waals surface area contributed by atoms with Gasteiger partial charge in [0.15, 0.2) is 0 Å². The van der Waals surface area contributed by atoms with Crippen molar-refractivity contribution in [1.29, 1.82) is 0 Å². The molecule has 0 aliphatic carbocycles. The van der Waals surface area contributed by atoms with Crippen molar-refractivity contribution in [3.8, 4) is 11.6 Å². The van der Waals surface area contributed by atoms with Crippen LogP contribution in [0.1, 0.15) is 18.1 Å². The highest BCUT2D eigenvalue weighted by Crippen LogP contribution is 2.34. The summed E-state index contributed by atoms with van der Waals surface area (Å²) in [5, 5.41) is -0.200. The van der Waals surface area contributed by atoms with Crippen LogP contribution >= 0.6 is 11.6 Å². The van der Waals surface area contributed by atoms with Gasteiger partial charge >= 0.3 is 6.18 Å². The number of hydrogen-bond donors (Lipinski definition) is 1. The van der Waals surface area contributed by atoms with Crippen LogP contribution in [0, 0.1) is 0 Å². The van der Waals surface area contributed by atoms with Crippen LogP contribution in [0.15, 0.2) is 36.5 Å². The van der Waals surface area contributed by atoms with Crippen LogP contribution in [-0.2, 0) is 12.6 Å². The summed E-state index contributed by atoms with van der Waals surface area (Å²) in [6.07, 6.45) is -3.08. The highest BCUT2D eigenvalue weighted by Gasteiger charge is 2.31. The number of halogens is 4. The maximum Gasteiger partial charge on any atom is 0.417 e. The van der Waals surface area contributed by atoms with Crippen molar-refractivity contribution < 1.29 is 17.9 Å². The third-order valence-corrected chi connectivity index (χ3v) is 3.10. The van der Waals surface area contributed by atoms with Crippen molar-refractivity contribution in [2.45, 2.75) is 25.6 Å². The van der Waals surface area contributed by atoms with Crippen molar-refractivity contribution in [3.63, 3.8) is 0 Å². The molecule has 0 saturated heterocycles. The van der Waals surface area contributed by atoms with Crippen molar-refractivity contribution in [1.82, 2.24) is 4.98 Å². The molecule has 2 aromatic rings. The van der Waals surface area contributed by atoms with E-state index in [0.717, 1.165) is 18.1 Å². The number of benzene rings is 1. The van der Waals surface area contributed by atoms with E-state index in [1.54, 1.807) is 12.1 Å². The summed E-state index contributed by atoms with van der Waals surface area (Å²) >= 11 is 5.78. The van der Waals surface area contributed by atoms with E-state index in [0.29, 0.717) is 11.9 Å². The molecule has 3 nitrogen and oxygen atoms in total. The first-order chi connectivity index (χ1) is 10.3. The lowest BCUT2D eigenvalue weighted by molar-refractivity contribution is -0.137. The van der Waals surface area contributed by atoms with Gasteiger partial charge in [0.05, 0.1) is 5.56 Å². The van der Waals surface area contributed by atoms with E-state index in [4.69, 9.17) is 22.1 Å². The van der Waals surface area contributed by atoms with Crippen molar-refractivity contribution in [2.75, 3.05) is 0 Å². The van der Waals surface area contributed by atoms with Gasteiger partial charge in [-0.3, -0.25) is 0 Å². The van der Waals surface area contributed by atoms with Crippen LogP contribution < -0.4 is 10.5 Å². The Bertz CT molecular complexity index is 642. The molecule has 0 radical (unpaired) electrons. The molecule has 2 N–H and O–H groups in total. The lowest BCUT2D eigenvalue weighted by Crippen LogP contribution is -2.17. The maximum atomic E-state index is 12.5. The Morgan fingerprint density at radius 3 is 2.41 bits per heavy atom.